The lowest BCUT2D eigenvalue weighted by molar-refractivity contribution is -0.694. The molecule has 2 saturated heterocycles. The topological polar surface area (TPSA) is 265 Å². The van der Waals surface area contributed by atoms with Crippen molar-refractivity contribution in [3.8, 4) is 5.75 Å². The van der Waals surface area contributed by atoms with E-state index >= 15 is 0 Å². The lowest BCUT2D eigenvalue weighted by atomic mass is 9.88. The average Bonchev–Trinajstić information content (AvgIpc) is 2.91. The van der Waals surface area contributed by atoms with Gasteiger partial charge in [0.15, 0.2) is 12.4 Å². The molecule has 0 bridgehead atoms. The number of nitrogens with two attached hydrogens (primary N) is 2. The number of esters is 2. The SMILES string of the molecule is C[NH2+]C1[C@H](O)OC(CO)[C@H](O)[C@H]1CO[C@@H]1OC(C(=O)OCCOC(=O)c2cc(N)ccc2O)[C@@H](O)[C@@H](O)C1O. The normalized spacial score (nSPS) is 34.8. The van der Waals surface area contributed by atoms with Crippen molar-refractivity contribution in [3.05, 3.63) is 23.8 Å². The molecule has 4 unspecified atom stereocenters. The third kappa shape index (κ3) is 7.12. The zero-order valence-corrected chi connectivity index (χ0v) is 21.0. The van der Waals surface area contributed by atoms with Gasteiger partial charge < -0.3 is 70.5 Å². The van der Waals surface area contributed by atoms with Gasteiger partial charge in [-0.15, -0.1) is 0 Å². The Morgan fingerprint density at radius 3 is 2.36 bits per heavy atom. The Morgan fingerprint density at radius 1 is 1.00 bits per heavy atom. The number of benzene rings is 1. The van der Waals surface area contributed by atoms with Gasteiger partial charge in [0.2, 0.25) is 6.29 Å². The van der Waals surface area contributed by atoms with Crippen LogP contribution in [0, 0.1) is 5.92 Å². The first kappa shape index (κ1) is 30.9. The zero-order chi connectivity index (χ0) is 28.9. The number of carbonyl (C=O) groups excluding carboxylic acids is 2. The number of anilines is 1. The predicted molar refractivity (Wildman–Crippen MR) is 125 cm³/mol. The summed E-state index contributed by atoms with van der Waals surface area (Å²) in [5.74, 6) is -3.27. The molecule has 0 aromatic heterocycles. The maximum Gasteiger partial charge on any atom is 0.342 e. The molecule has 1 aromatic carbocycles. The van der Waals surface area contributed by atoms with Crippen molar-refractivity contribution < 1.29 is 74.3 Å². The molecule has 10 atom stereocenters. The van der Waals surface area contributed by atoms with Crippen LogP contribution in [0.4, 0.5) is 5.69 Å². The van der Waals surface area contributed by atoms with Crippen molar-refractivity contribution in [3.63, 3.8) is 0 Å². The maximum absolute atomic E-state index is 12.5. The van der Waals surface area contributed by atoms with Gasteiger partial charge in [0.05, 0.1) is 32.3 Å². The molecule has 2 heterocycles. The van der Waals surface area contributed by atoms with Gasteiger partial charge >= 0.3 is 11.9 Å². The predicted octanol–water partition coefficient (Wildman–Crippen LogP) is -5.25. The fraction of sp³-hybridized carbons (Fsp3) is 0.652. The van der Waals surface area contributed by atoms with Crippen molar-refractivity contribution in [2.24, 2.45) is 5.92 Å². The van der Waals surface area contributed by atoms with Crippen LogP contribution in [-0.4, -0.2) is 136 Å². The second-order valence-corrected chi connectivity index (χ2v) is 9.12. The van der Waals surface area contributed by atoms with Crippen LogP contribution < -0.4 is 11.1 Å². The number of rotatable bonds is 10. The van der Waals surface area contributed by atoms with Gasteiger partial charge in [-0.25, -0.2) is 9.59 Å². The number of phenolic OH excluding ortho intramolecular Hbond substituents is 1. The van der Waals surface area contributed by atoms with Crippen LogP contribution in [0.15, 0.2) is 18.2 Å². The summed E-state index contributed by atoms with van der Waals surface area (Å²) in [6.45, 7) is -1.85. The summed E-state index contributed by atoms with van der Waals surface area (Å²) in [5, 5.41) is 72.2. The summed E-state index contributed by atoms with van der Waals surface area (Å²) >= 11 is 0. The number of ether oxygens (including phenoxy) is 5. The molecule has 0 radical (unpaired) electrons. The highest BCUT2D eigenvalue weighted by Crippen LogP contribution is 2.27. The minimum atomic E-state index is -1.90. The second-order valence-electron chi connectivity index (χ2n) is 9.12. The van der Waals surface area contributed by atoms with Crippen LogP contribution >= 0.6 is 0 Å². The molecule has 0 aliphatic carbocycles. The minimum absolute atomic E-state index is 0.195. The van der Waals surface area contributed by atoms with E-state index < -0.39 is 92.9 Å². The number of quaternary nitrogens is 1. The van der Waals surface area contributed by atoms with Gasteiger partial charge in [-0.2, -0.15) is 0 Å². The Bertz CT molecular complexity index is 982. The highest BCUT2D eigenvalue weighted by molar-refractivity contribution is 5.93. The van der Waals surface area contributed by atoms with Crippen LogP contribution in [0.2, 0.25) is 0 Å². The van der Waals surface area contributed by atoms with E-state index in [2.05, 4.69) is 0 Å². The van der Waals surface area contributed by atoms with E-state index in [1.807, 2.05) is 0 Å². The summed E-state index contributed by atoms with van der Waals surface area (Å²) < 4.78 is 25.9. The quantitative estimate of drug-likeness (QED) is 0.0557. The van der Waals surface area contributed by atoms with E-state index in [0.29, 0.717) is 0 Å². The van der Waals surface area contributed by atoms with Gasteiger partial charge in [-0.1, -0.05) is 0 Å². The summed E-state index contributed by atoms with van der Waals surface area (Å²) in [6.07, 6.45) is -12.7. The molecule has 0 amide bonds. The van der Waals surface area contributed by atoms with Crippen molar-refractivity contribution in [1.82, 2.24) is 0 Å². The van der Waals surface area contributed by atoms with E-state index in [4.69, 9.17) is 29.4 Å². The van der Waals surface area contributed by atoms with Gasteiger partial charge in [0.25, 0.3) is 0 Å². The molecular formula is C23H35N2O14+. The second kappa shape index (κ2) is 13.6. The van der Waals surface area contributed by atoms with Crippen LogP contribution in [0.3, 0.4) is 0 Å². The first-order chi connectivity index (χ1) is 18.5. The van der Waals surface area contributed by atoms with Crippen molar-refractivity contribution in [2.45, 2.75) is 55.2 Å². The standard InChI is InChI=1S/C23H34N2O14/c1-25-14-11(15(28)13(7-26)38-21(14)33)8-37-23-18(31)16(29)17(30)19(39-23)22(34)36-5-4-35-20(32)10-6-9(24)2-3-12(10)27/h2-3,6,11,13-19,21,23,25-31,33H,4-5,7-8,24H2,1H3/p+1/t11-,13?,14?,15+,16+,17-,18?,19?,21+,23+/m0/s1. The zero-order valence-electron chi connectivity index (χ0n) is 21.0. The lowest BCUT2D eigenvalue weighted by Gasteiger charge is -2.42. The van der Waals surface area contributed by atoms with Gasteiger partial charge in [-0.3, -0.25) is 0 Å². The molecule has 2 aliphatic rings. The Hall–Kier alpha value is -2.64. The summed E-state index contributed by atoms with van der Waals surface area (Å²) in [4.78, 5) is 24.6. The molecule has 0 spiro atoms. The van der Waals surface area contributed by atoms with Crippen molar-refractivity contribution in [2.75, 3.05) is 39.2 Å². The molecule has 3 rings (SSSR count). The molecule has 2 aliphatic heterocycles. The van der Waals surface area contributed by atoms with E-state index in [0.717, 1.165) is 0 Å². The summed E-state index contributed by atoms with van der Waals surface area (Å²) in [7, 11) is 1.61. The van der Waals surface area contributed by atoms with Crippen molar-refractivity contribution >= 4 is 17.6 Å². The monoisotopic (exact) mass is 563 g/mol. The molecule has 1 aromatic rings. The molecule has 220 valence electrons. The molecule has 16 nitrogen and oxygen atoms in total. The Morgan fingerprint density at radius 2 is 1.69 bits per heavy atom. The minimum Gasteiger partial charge on any atom is -0.507 e. The number of phenols is 1. The third-order valence-corrected chi connectivity index (χ3v) is 6.58. The van der Waals surface area contributed by atoms with Gasteiger partial charge in [-0.05, 0) is 18.2 Å². The number of likely N-dealkylation sites (N-methyl/N-ethyl adjacent to an activating group) is 1. The Labute approximate surface area is 222 Å². The van der Waals surface area contributed by atoms with Crippen molar-refractivity contribution in [1.29, 1.82) is 0 Å². The van der Waals surface area contributed by atoms with Gasteiger partial charge in [0.1, 0.15) is 55.0 Å². The van der Waals surface area contributed by atoms with E-state index in [1.54, 1.807) is 12.4 Å². The van der Waals surface area contributed by atoms with Crippen LogP contribution in [0.5, 0.6) is 5.75 Å². The number of hydrogen-bond acceptors (Lipinski definition) is 15. The number of hydrogen-bond donors (Lipinski definition) is 9. The Kier molecular flexibility index (Phi) is 10.8. The van der Waals surface area contributed by atoms with Crippen LogP contribution in [-0.2, 0) is 28.5 Å². The maximum atomic E-state index is 12.5. The number of aliphatic hydroxyl groups excluding tert-OH is 6. The molecule has 16 heteroatoms. The third-order valence-electron chi connectivity index (χ3n) is 6.58. The smallest absolute Gasteiger partial charge is 0.342 e. The molecular weight excluding hydrogens is 528 g/mol. The fourth-order valence-electron chi connectivity index (χ4n) is 4.38. The van der Waals surface area contributed by atoms with E-state index in [9.17, 15) is 45.3 Å². The summed E-state index contributed by atoms with van der Waals surface area (Å²) in [5.41, 5.74) is 5.60. The first-order valence-electron chi connectivity index (χ1n) is 12.2. The van der Waals surface area contributed by atoms with E-state index in [1.165, 1.54) is 18.2 Å². The highest BCUT2D eigenvalue weighted by atomic mass is 16.7. The lowest BCUT2D eigenvalue weighted by Crippen LogP contribution is -2.93. The number of nitrogen functional groups attached to an aromatic ring is 1. The number of aromatic hydroxyl groups is 1. The molecule has 2 fully saturated rings. The first-order valence-corrected chi connectivity index (χ1v) is 12.2. The van der Waals surface area contributed by atoms with E-state index in [-0.39, 0.29) is 23.6 Å². The Balaban J connectivity index is 1.55. The molecule has 39 heavy (non-hydrogen) atoms. The number of aliphatic hydroxyl groups is 6. The fourth-order valence-corrected chi connectivity index (χ4v) is 4.38. The largest absolute Gasteiger partial charge is 0.507 e. The molecule has 0 saturated carbocycles. The number of carbonyl (C=O) groups is 2. The van der Waals surface area contributed by atoms with Crippen LogP contribution in [0.25, 0.3) is 0 Å². The summed E-state index contributed by atoms with van der Waals surface area (Å²) in [6, 6.07) is 3.07. The van der Waals surface area contributed by atoms with Crippen LogP contribution in [0.1, 0.15) is 10.4 Å². The highest BCUT2D eigenvalue weighted by Gasteiger charge is 2.50. The van der Waals surface area contributed by atoms with Gasteiger partial charge in [0, 0.05) is 5.69 Å². The average molecular weight is 564 g/mol. The molecule has 11 N–H and O–H groups in total.